The fourth-order valence-electron chi connectivity index (χ4n) is 1.21. The van der Waals surface area contributed by atoms with Gasteiger partial charge in [-0.2, -0.15) is 0 Å². The summed E-state index contributed by atoms with van der Waals surface area (Å²) in [6, 6.07) is 3.44. The molecule has 12 heavy (non-hydrogen) atoms. The van der Waals surface area contributed by atoms with Crippen LogP contribution in [-0.4, -0.2) is 0 Å². The normalized spacial score (nSPS) is 10.8. The van der Waals surface area contributed by atoms with Crippen LogP contribution in [0, 0.1) is 12.7 Å². The summed E-state index contributed by atoms with van der Waals surface area (Å²) in [6.45, 7) is 5.62. The first-order valence-electron chi connectivity index (χ1n) is 3.98. The van der Waals surface area contributed by atoms with E-state index in [0.29, 0.717) is 16.1 Å². The summed E-state index contributed by atoms with van der Waals surface area (Å²) in [7, 11) is 0. The van der Waals surface area contributed by atoms with E-state index in [1.165, 1.54) is 0 Å². The number of halogens is 2. The van der Waals surface area contributed by atoms with Crippen molar-refractivity contribution in [3.8, 4) is 0 Å². The van der Waals surface area contributed by atoms with E-state index in [0.717, 1.165) is 0 Å². The maximum Gasteiger partial charge on any atom is 0.131 e. The number of hydrogen-bond acceptors (Lipinski definition) is 0. The smallest absolute Gasteiger partial charge is 0.131 e. The van der Waals surface area contributed by atoms with Crippen LogP contribution in [0.4, 0.5) is 4.39 Å². The Bertz CT molecular complexity index is 292. The molecule has 1 aromatic carbocycles. The molecule has 66 valence electrons. The van der Waals surface area contributed by atoms with Gasteiger partial charge in [0.15, 0.2) is 0 Å². The molecule has 1 aromatic rings. The predicted molar refractivity (Wildman–Crippen MR) is 50.2 cm³/mol. The minimum atomic E-state index is -0.169. The Kier molecular flexibility index (Phi) is 2.73. The molecule has 0 fully saturated rings. The Hall–Kier alpha value is -0.560. The van der Waals surface area contributed by atoms with Crippen LogP contribution in [-0.2, 0) is 0 Å². The van der Waals surface area contributed by atoms with Gasteiger partial charge in [-0.3, -0.25) is 0 Å². The van der Waals surface area contributed by atoms with Crippen molar-refractivity contribution in [1.29, 1.82) is 0 Å². The Morgan fingerprint density at radius 2 is 1.92 bits per heavy atom. The molecule has 0 aliphatic rings. The van der Waals surface area contributed by atoms with Crippen molar-refractivity contribution in [2.24, 2.45) is 0 Å². The second-order valence-electron chi connectivity index (χ2n) is 3.25. The van der Waals surface area contributed by atoms with Gasteiger partial charge < -0.3 is 0 Å². The van der Waals surface area contributed by atoms with Gasteiger partial charge in [-0.05, 0) is 24.5 Å². The standard InChI is InChI=1S/C10H12ClF/c1-6(2)9-8(11)5-4-7(3)10(9)12/h4-6H,1-3H3. The molecule has 0 aromatic heterocycles. The molecule has 2 heteroatoms. The molecule has 0 aliphatic carbocycles. The van der Waals surface area contributed by atoms with Crippen LogP contribution in [0.1, 0.15) is 30.9 Å². The highest BCUT2D eigenvalue weighted by Crippen LogP contribution is 2.28. The van der Waals surface area contributed by atoms with E-state index < -0.39 is 0 Å². The SMILES string of the molecule is Cc1ccc(Cl)c(C(C)C)c1F. The fourth-order valence-corrected chi connectivity index (χ4v) is 1.57. The van der Waals surface area contributed by atoms with Crippen LogP contribution in [0.5, 0.6) is 0 Å². The summed E-state index contributed by atoms with van der Waals surface area (Å²) in [6.07, 6.45) is 0. The van der Waals surface area contributed by atoms with Crippen molar-refractivity contribution >= 4 is 11.6 Å². The van der Waals surface area contributed by atoms with Crippen LogP contribution in [0.25, 0.3) is 0 Å². The number of aryl methyl sites for hydroxylation is 1. The Morgan fingerprint density at radius 1 is 1.33 bits per heavy atom. The lowest BCUT2D eigenvalue weighted by Gasteiger charge is -2.10. The molecule has 0 radical (unpaired) electrons. The molecule has 0 atom stereocenters. The van der Waals surface area contributed by atoms with Gasteiger partial charge in [-0.25, -0.2) is 4.39 Å². The van der Waals surface area contributed by atoms with Crippen LogP contribution >= 0.6 is 11.6 Å². The average molecular weight is 187 g/mol. The van der Waals surface area contributed by atoms with E-state index in [4.69, 9.17) is 11.6 Å². The van der Waals surface area contributed by atoms with Crippen LogP contribution < -0.4 is 0 Å². The zero-order valence-corrected chi connectivity index (χ0v) is 8.24. The van der Waals surface area contributed by atoms with Gasteiger partial charge in [-0.15, -0.1) is 0 Å². The summed E-state index contributed by atoms with van der Waals surface area (Å²) in [5.41, 5.74) is 1.28. The van der Waals surface area contributed by atoms with E-state index in [9.17, 15) is 4.39 Å². The predicted octanol–water partition coefficient (Wildman–Crippen LogP) is 3.91. The minimum absolute atomic E-state index is 0.136. The molecule has 0 saturated carbocycles. The lowest BCUT2D eigenvalue weighted by molar-refractivity contribution is 0.590. The van der Waals surface area contributed by atoms with Gasteiger partial charge in [0.2, 0.25) is 0 Å². The second kappa shape index (κ2) is 3.44. The van der Waals surface area contributed by atoms with Gasteiger partial charge in [-0.1, -0.05) is 31.5 Å². The van der Waals surface area contributed by atoms with Crippen LogP contribution in [0.15, 0.2) is 12.1 Å². The van der Waals surface area contributed by atoms with Gasteiger partial charge in [0.1, 0.15) is 5.82 Å². The third-order valence-corrected chi connectivity index (χ3v) is 2.23. The Morgan fingerprint density at radius 3 is 2.33 bits per heavy atom. The summed E-state index contributed by atoms with van der Waals surface area (Å²) in [5.74, 6) is -0.0325. The van der Waals surface area contributed by atoms with Crippen molar-refractivity contribution in [1.82, 2.24) is 0 Å². The molecular weight excluding hydrogens is 175 g/mol. The third-order valence-electron chi connectivity index (χ3n) is 1.90. The highest BCUT2D eigenvalue weighted by Gasteiger charge is 2.12. The first-order valence-corrected chi connectivity index (χ1v) is 4.36. The maximum atomic E-state index is 13.4. The van der Waals surface area contributed by atoms with Crippen LogP contribution in [0.2, 0.25) is 5.02 Å². The van der Waals surface area contributed by atoms with E-state index >= 15 is 0 Å². The number of rotatable bonds is 1. The molecule has 0 amide bonds. The van der Waals surface area contributed by atoms with Gasteiger partial charge in [0.25, 0.3) is 0 Å². The summed E-state index contributed by atoms with van der Waals surface area (Å²) >= 11 is 5.86. The van der Waals surface area contributed by atoms with Crippen molar-refractivity contribution in [3.05, 3.63) is 34.1 Å². The number of benzene rings is 1. The zero-order valence-electron chi connectivity index (χ0n) is 7.49. The van der Waals surface area contributed by atoms with E-state index in [-0.39, 0.29) is 11.7 Å². The molecular formula is C10H12ClF. The van der Waals surface area contributed by atoms with Crippen LogP contribution in [0.3, 0.4) is 0 Å². The van der Waals surface area contributed by atoms with E-state index in [1.54, 1.807) is 19.1 Å². The van der Waals surface area contributed by atoms with Gasteiger partial charge in [0, 0.05) is 10.6 Å². The second-order valence-corrected chi connectivity index (χ2v) is 3.65. The van der Waals surface area contributed by atoms with Gasteiger partial charge >= 0.3 is 0 Å². The molecule has 0 N–H and O–H groups in total. The molecule has 0 spiro atoms. The van der Waals surface area contributed by atoms with Crippen molar-refractivity contribution in [2.45, 2.75) is 26.7 Å². The van der Waals surface area contributed by atoms with E-state index in [2.05, 4.69) is 0 Å². The number of hydrogen-bond donors (Lipinski definition) is 0. The average Bonchev–Trinajstić information content (AvgIpc) is 1.97. The molecule has 1 rings (SSSR count). The molecule has 0 nitrogen and oxygen atoms in total. The molecule has 0 unspecified atom stereocenters. The van der Waals surface area contributed by atoms with Gasteiger partial charge in [0.05, 0.1) is 0 Å². The fraction of sp³-hybridized carbons (Fsp3) is 0.400. The van der Waals surface area contributed by atoms with Crippen molar-refractivity contribution in [3.63, 3.8) is 0 Å². The third kappa shape index (κ3) is 1.61. The van der Waals surface area contributed by atoms with Crippen molar-refractivity contribution in [2.75, 3.05) is 0 Å². The Labute approximate surface area is 77.4 Å². The maximum absolute atomic E-state index is 13.4. The highest BCUT2D eigenvalue weighted by molar-refractivity contribution is 6.31. The van der Waals surface area contributed by atoms with E-state index in [1.807, 2.05) is 13.8 Å². The highest BCUT2D eigenvalue weighted by atomic mass is 35.5. The van der Waals surface area contributed by atoms with Crippen molar-refractivity contribution < 1.29 is 4.39 Å². The zero-order chi connectivity index (χ0) is 9.30. The lowest BCUT2D eigenvalue weighted by Crippen LogP contribution is -1.96. The summed E-state index contributed by atoms with van der Waals surface area (Å²) in [5, 5.41) is 0.521. The largest absolute Gasteiger partial charge is 0.206 e. The minimum Gasteiger partial charge on any atom is -0.206 e. The molecule has 0 aliphatic heterocycles. The lowest BCUT2D eigenvalue weighted by atomic mass is 10.0. The molecule has 0 heterocycles. The summed E-state index contributed by atoms with van der Waals surface area (Å²) < 4.78 is 13.4. The quantitative estimate of drug-likeness (QED) is 0.624. The topological polar surface area (TPSA) is 0 Å². The molecule has 0 saturated heterocycles. The Balaban J connectivity index is 3.33. The first-order chi connectivity index (χ1) is 5.54. The monoisotopic (exact) mass is 186 g/mol. The summed E-state index contributed by atoms with van der Waals surface area (Å²) in [4.78, 5) is 0. The molecule has 0 bridgehead atoms. The first kappa shape index (κ1) is 9.53.